The summed E-state index contributed by atoms with van der Waals surface area (Å²) >= 11 is 3.42. The van der Waals surface area contributed by atoms with Gasteiger partial charge in [-0.2, -0.15) is 5.10 Å². The molecule has 2 amide bonds. The first kappa shape index (κ1) is 16.2. The number of amides is 2. The van der Waals surface area contributed by atoms with Crippen molar-refractivity contribution in [3.8, 4) is 0 Å². The summed E-state index contributed by atoms with van der Waals surface area (Å²) in [6, 6.07) is 13.3. The van der Waals surface area contributed by atoms with E-state index in [0.717, 1.165) is 27.7 Å². The number of nitrogens with zero attached hydrogens (tertiary/aromatic N) is 1. The van der Waals surface area contributed by atoms with Crippen molar-refractivity contribution in [3.05, 3.63) is 63.6 Å². The third-order valence-corrected chi connectivity index (χ3v) is 4.07. The molecule has 0 bridgehead atoms. The number of rotatable bonds is 4. The Morgan fingerprint density at radius 2 is 1.95 bits per heavy atom. The fraction of sp³-hybridized carbons (Fsp3) is 0.176. The molecule has 0 atom stereocenters. The highest BCUT2D eigenvalue weighted by Gasteiger charge is 2.01. The molecule has 0 saturated heterocycles. The minimum absolute atomic E-state index is 0.372. The Labute approximate surface area is 138 Å². The van der Waals surface area contributed by atoms with Crippen molar-refractivity contribution in [2.24, 2.45) is 5.10 Å². The molecule has 22 heavy (non-hydrogen) atoms. The van der Waals surface area contributed by atoms with Crippen molar-refractivity contribution < 1.29 is 4.79 Å². The molecule has 2 rings (SSSR count). The first-order valence-corrected chi connectivity index (χ1v) is 7.83. The first-order chi connectivity index (χ1) is 10.6. The number of carbonyl (C=O) groups is 1. The van der Waals surface area contributed by atoms with Gasteiger partial charge in [0.1, 0.15) is 0 Å². The van der Waals surface area contributed by atoms with Crippen LogP contribution in [0.1, 0.15) is 23.6 Å². The van der Waals surface area contributed by atoms with Crippen LogP contribution in [0.2, 0.25) is 0 Å². The van der Waals surface area contributed by atoms with Crippen molar-refractivity contribution in [2.75, 3.05) is 5.32 Å². The molecule has 0 aliphatic rings. The average Bonchev–Trinajstić information content (AvgIpc) is 2.51. The van der Waals surface area contributed by atoms with E-state index in [1.165, 1.54) is 5.56 Å². The number of urea groups is 1. The SMILES string of the molecule is CCc1ccc(/C=N/NC(=O)Nc2ccc(Br)c(C)c2)cc1. The van der Waals surface area contributed by atoms with Gasteiger partial charge in [-0.3, -0.25) is 0 Å². The summed E-state index contributed by atoms with van der Waals surface area (Å²) < 4.78 is 1.01. The van der Waals surface area contributed by atoms with Gasteiger partial charge in [0.15, 0.2) is 0 Å². The fourth-order valence-corrected chi connectivity index (χ4v) is 2.13. The van der Waals surface area contributed by atoms with Crippen molar-refractivity contribution in [3.63, 3.8) is 0 Å². The van der Waals surface area contributed by atoms with Gasteiger partial charge in [-0.1, -0.05) is 47.1 Å². The van der Waals surface area contributed by atoms with Crippen LogP contribution in [0, 0.1) is 6.92 Å². The Kier molecular flexibility index (Phi) is 5.72. The number of aryl methyl sites for hydroxylation is 2. The molecule has 0 fully saturated rings. The predicted octanol–water partition coefficient (Wildman–Crippen LogP) is 4.48. The Hall–Kier alpha value is -2.14. The van der Waals surface area contributed by atoms with Crippen LogP contribution in [-0.4, -0.2) is 12.2 Å². The quantitative estimate of drug-likeness (QED) is 0.613. The highest BCUT2D eigenvalue weighted by Crippen LogP contribution is 2.19. The zero-order valence-electron chi connectivity index (χ0n) is 12.6. The molecular weight excluding hydrogens is 342 g/mol. The van der Waals surface area contributed by atoms with E-state index in [2.05, 4.69) is 38.7 Å². The summed E-state index contributed by atoms with van der Waals surface area (Å²) in [5.41, 5.74) is 6.44. The summed E-state index contributed by atoms with van der Waals surface area (Å²) in [7, 11) is 0. The van der Waals surface area contributed by atoms with Crippen molar-refractivity contribution in [2.45, 2.75) is 20.3 Å². The number of hydrogen-bond donors (Lipinski definition) is 2. The fourth-order valence-electron chi connectivity index (χ4n) is 1.89. The van der Waals surface area contributed by atoms with Gasteiger partial charge < -0.3 is 5.32 Å². The van der Waals surface area contributed by atoms with E-state index in [0.29, 0.717) is 0 Å². The number of hydrogen-bond acceptors (Lipinski definition) is 2. The lowest BCUT2D eigenvalue weighted by Crippen LogP contribution is -2.24. The zero-order chi connectivity index (χ0) is 15.9. The van der Waals surface area contributed by atoms with Crippen LogP contribution in [0.3, 0.4) is 0 Å². The normalized spacial score (nSPS) is 10.7. The largest absolute Gasteiger partial charge is 0.339 e. The molecule has 0 aliphatic heterocycles. The van der Waals surface area contributed by atoms with Gasteiger partial charge in [-0.25, -0.2) is 10.2 Å². The molecule has 4 nitrogen and oxygen atoms in total. The van der Waals surface area contributed by atoms with Gasteiger partial charge in [0.05, 0.1) is 6.21 Å². The number of hydrazone groups is 1. The molecule has 0 heterocycles. The van der Waals surface area contributed by atoms with Crippen molar-refractivity contribution >= 4 is 33.9 Å². The van der Waals surface area contributed by atoms with Gasteiger partial charge in [-0.15, -0.1) is 0 Å². The standard InChI is InChI=1S/C17H18BrN3O/c1-3-13-4-6-14(7-5-13)11-19-21-17(22)20-15-8-9-16(18)12(2)10-15/h4-11H,3H2,1-2H3,(H2,20,21,22)/b19-11+. The molecule has 2 aromatic carbocycles. The lowest BCUT2D eigenvalue weighted by atomic mass is 10.1. The third-order valence-electron chi connectivity index (χ3n) is 3.18. The molecule has 0 aromatic heterocycles. The Bertz CT molecular complexity index is 681. The predicted molar refractivity (Wildman–Crippen MR) is 94.4 cm³/mol. The maximum absolute atomic E-state index is 11.8. The second kappa shape index (κ2) is 7.75. The highest BCUT2D eigenvalue weighted by molar-refractivity contribution is 9.10. The Morgan fingerprint density at radius 3 is 2.59 bits per heavy atom. The molecule has 114 valence electrons. The summed E-state index contributed by atoms with van der Waals surface area (Å²) in [4.78, 5) is 11.8. The van der Waals surface area contributed by atoms with E-state index in [1.807, 2.05) is 49.4 Å². The number of halogens is 1. The summed E-state index contributed by atoms with van der Waals surface area (Å²) in [6.45, 7) is 4.07. The van der Waals surface area contributed by atoms with Crippen LogP contribution >= 0.6 is 15.9 Å². The monoisotopic (exact) mass is 359 g/mol. The van der Waals surface area contributed by atoms with Gasteiger partial charge >= 0.3 is 6.03 Å². The van der Waals surface area contributed by atoms with Crippen LogP contribution in [0.15, 0.2) is 52.0 Å². The van der Waals surface area contributed by atoms with Crippen molar-refractivity contribution in [1.82, 2.24) is 5.43 Å². The maximum Gasteiger partial charge on any atom is 0.339 e. The number of anilines is 1. The highest BCUT2D eigenvalue weighted by atomic mass is 79.9. The van der Waals surface area contributed by atoms with Crippen molar-refractivity contribution in [1.29, 1.82) is 0 Å². The summed E-state index contributed by atoms with van der Waals surface area (Å²) in [5.74, 6) is 0. The number of benzene rings is 2. The maximum atomic E-state index is 11.8. The van der Waals surface area contributed by atoms with Gasteiger partial charge in [0, 0.05) is 10.2 Å². The second-order valence-electron chi connectivity index (χ2n) is 4.88. The smallest absolute Gasteiger partial charge is 0.307 e. The summed E-state index contributed by atoms with van der Waals surface area (Å²) in [6.07, 6.45) is 2.62. The number of carbonyl (C=O) groups excluding carboxylic acids is 1. The molecule has 0 unspecified atom stereocenters. The number of nitrogens with one attached hydrogen (secondary N) is 2. The molecule has 0 saturated carbocycles. The van der Waals surface area contributed by atoms with E-state index < -0.39 is 0 Å². The van der Waals surface area contributed by atoms with Crippen LogP contribution < -0.4 is 10.7 Å². The Morgan fingerprint density at radius 1 is 1.23 bits per heavy atom. The zero-order valence-corrected chi connectivity index (χ0v) is 14.1. The van der Waals surface area contributed by atoms with E-state index >= 15 is 0 Å². The first-order valence-electron chi connectivity index (χ1n) is 7.03. The lowest BCUT2D eigenvalue weighted by molar-refractivity contribution is 0.252. The average molecular weight is 360 g/mol. The van der Waals surface area contributed by atoms with Gasteiger partial charge in [0.25, 0.3) is 0 Å². The molecule has 0 spiro atoms. The van der Waals surface area contributed by atoms with E-state index in [9.17, 15) is 4.79 Å². The Balaban J connectivity index is 1.88. The van der Waals surface area contributed by atoms with Gasteiger partial charge in [0.2, 0.25) is 0 Å². The van der Waals surface area contributed by atoms with E-state index in [-0.39, 0.29) is 6.03 Å². The minimum Gasteiger partial charge on any atom is -0.307 e. The van der Waals surface area contributed by atoms with E-state index in [4.69, 9.17) is 0 Å². The van der Waals surface area contributed by atoms with Crippen LogP contribution in [-0.2, 0) is 6.42 Å². The van der Waals surface area contributed by atoms with E-state index in [1.54, 1.807) is 6.21 Å². The molecule has 0 aliphatic carbocycles. The minimum atomic E-state index is -0.372. The third kappa shape index (κ3) is 4.70. The second-order valence-corrected chi connectivity index (χ2v) is 5.74. The molecule has 5 heteroatoms. The molecular formula is C17H18BrN3O. The molecule has 2 aromatic rings. The molecule has 0 radical (unpaired) electrons. The van der Waals surface area contributed by atoms with Gasteiger partial charge in [-0.05, 0) is 48.2 Å². The topological polar surface area (TPSA) is 53.5 Å². The van der Waals surface area contributed by atoms with Crippen LogP contribution in [0.25, 0.3) is 0 Å². The summed E-state index contributed by atoms with van der Waals surface area (Å²) in [5, 5.41) is 6.67. The lowest BCUT2D eigenvalue weighted by Gasteiger charge is -2.06. The van der Waals surface area contributed by atoms with Crippen LogP contribution in [0.5, 0.6) is 0 Å². The molecule has 2 N–H and O–H groups in total. The van der Waals surface area contributed by atoms with Crippen LogP contribution in [0.4, 0.5) is 10.5 Å².